The summed E-state index contributed by atoms with van der Waals surface area (Å²) in [5.41, 5.74) is 1.74. The molecule has 19 heavy (non-hydrogen) atoms. The molecule has 5 heteroatoms. The molecule has 1 aromatic carbocycles. The van der Waals surface area contributed by atoms with Crippen LogP contribution in [0.4, 0.5) is 11.4 Å². The molecule has 1 saturated carbocycles. The summed E-state index contributed by atoms with van der Waals surface area (Å²) < 4.78 is 0. The van der Waals surface area contributed by atoms with Crippen LogP contribution >= 0.6 is 11.6 Å². The monoisotopic (exact) mass is 282 g/mol. The van der Waals surface area contributed by atoms with Crippen LogP contribution in [-0.2, 0) is 5.88 Å². The number of nitrogens with zero attached hydrogens (tertiary/aromatic N) is 2. The molecule has 0 spiro atoms. The van der Waals surface area contributed by atoms with Gasteiger partial charge in [0.2, 0.25) is 0 Å². The molecule has 1 fully saturated rings. The second kappa shape index (κ2) is 6.24. The molecule has 0 amide bonds. The van der Waals surface area contributed by atoms with Crippen molar-refractivity contribution in [2.24, 2.45) is 5.92 Å². The van der Waals surface area contributed by atoms with Gasteiger partial charge in [-0.05, 0) is 37.8 Å². The lowest BCUT2D eigenvalue weighted by Gasteiger charge is -2.33. The van der Waals surface area contributed by atoms with E-state index in [0.717, 1.165) is 24.7 Å². The quantitative estimate of drug-likeness (QED) is 0.451. The molecule has 4 nitrogen and oxygen atoms in total. The van der Waals surface area contributed by atoms with Gasteiger partial charge in [0.05, 0.1) is 10.8 Å². The lowest BCUT2D eigenvalue weighted by Crippen LogP contribution is -2.32. The number of anilines is 1. The molecule has 2 rings (SSSR count). The molecule has 0 N–H and O–H groups in total. The van der Waals surface area contributed by atoms with Crippen LogP contribution < -0.4 is 4.90 Å². The fraction of sp³-hybridized carbons (Fsp3) is 0.571. The standard InChI is InChI=1S/C14H19ClN2O2/c1-2-16(10-11-4-3-5-11)13-6-7-14(17(18)19)12(8-13)9-15/h6-8,11H,2-5,9-10H2,1H3. The Labute approximate surface area is 118 Å². The van der Waals surface area contributed by atoms with Gasteiger partial charge in [-0.3, -0.25) is 10.1 Å². The number of nitro benzene ring substituents is 1. The van der Waals surface area contributed by atoms with E-state index in [1.165, 1.54) is 19.3 Å². The van der Waals surface area contributed by atoms with Crippen LogP contribution in [0.15, 0.2) is 18.2 Å². The highest BCUT2D eigenvalue weighted by Gasteiger charge is 2.21. The molecule has 0 saturated heterocycles. The van der Waals surface area contributed by atoms with Gasteiger partial charge in [0.15, 0.2) is 0 Å². The minimum atomic E-state index is -0.371. The average Bonchev–Trinajstić information content (AvgIpc) is 2.37. The minimum Gasteiger partial charge on any atom is -0.372 e. The molecule has 0 radical (unpaired) electrons. The van der Waals surface area contributed by atoms with E-state index in [-0.39, 0.29) is 16.5 Å². The van der Waals surface area contributed by atoms with E-state index >= 15 is 0 Å². The number of rotatable bonds is 6. The van der Waals surface area contributed by atoms with Gasteiger partial charge in [0.1, 0.15) is 0 Å². The minimum absolute atomic E-state index is 0.110. The maximum Gasteiger partial charge on any atom is 0.273 e. The molecule has 1 aliphatic carbocycles. The molecule has 0 unspecified atom stereocenters. The van der Waals surface area contributed by atoms with Gasteiger partial charge in [0, 0.05) is 30.4 Å². The Balaban J connectivity index is 2.19. The number of hydrogen-bond donors (Lipinski definition) is 0. The average molecular weight is 283 g/mol. The highest BCUT2D eigenvalue weighted by Crippen LogP contribution is 2.31. The van der Waals surface area contributed by atoms with Crippen molar-refractivity contribution in [3.63, 3.8) is 0 Å². The smallest absolute Gasteiger partial charge is 0.273 e. The summed E-state index contributed by atoms with van der Waals surface area (Å²) in [7, 11) is 0. The highest BCUT2D eigenvalue weighted by atomic mass is 35.5. The number of nitro groups is 1. The van der Waals surface area contributed by atoms with E-state index in [2.05, 4.69) is 11.8 Å². The summed E-state index contributed by atoms with van der Waals surface area (Å²) in [5, 5.41) is 10.9. The number of benzene rings is 1. The van der Waals surface area contributed by atoms with Crippen molar-refractivity contribution in [3.05, 3.63) is 33.9 Å². The van der Waals surface area contributed by atoms with Crippen molar-refractivity contribution >= 4 is 23.0 Å². The fourth-order valence-corrected chi connectivity index (χ4v) is 2.67. The summed E-state index contributed by atoms with van der Waals surface area (Å²) in [5.74, 6) is 0.945. The topological polar surface area (TPSA) is 46.4 Å². The number of hydrogen-bond acceptors (Lipinski definition) is 3. The van der Waals surface area contributed by atoms with Crippen LogP contribution in [0.1, 0.15) is 31.7 Å². The van der Waals surface area contributed by atoms with Crippen molar-refractivity contribution in [2.45, 2.75) is 32.1 Å². The third kappa shape index (κ3) is 3.18. The zero-order valence-electron chi connectivity index (χ0n) is 11.1. The van der Waals surface area contributed by atoms with Crippen LogP contribution in [-0.4, -0.2) is 18.0 Å². The summed E-state index contributed by atoms with van der Waals surface area (Å²) >= 11 is 5.82. The first kappa shape index (κ1) is 14.1. The lowest BCUT2D eigenvalue weighted by molar-refractivity contribution is -0.385. The van der Waals surface area contributed by atoms with Gasteiger partial charge in [-0.2, -0.15) is 0 Å². The molecule has 0 heterocycles. The van der Waals surface area contributed by atoms with Gasteiger partial charge in [0.25, 0.3) is 5.69 Å². The normalized spacial score (nSPS) is 15.1. The maximum atomic E-state index is 10.9. The Hall–Kier alpha value is -1.29. The van der Waals surface area contributed by atoms with Crippen LogP contribution in [0, 0.1) is 16.0 Å². The van der Waals surface area contributed by atoms with Gasteiger partial charge < -0.3 is 4.90 Å². The summed E-state index contributed by atoms with van der Waals surface area (Å²) in [6.07, 6.45) is 3.92. The van der Waals surface area contributed by atoms with E-state index in [4.69, 9.17) is 11.6 Å². The third-order valence-electron chi connectivity index (χ3n) is 3.85. The van der Waals surface area contributed by atoms with Crippen molar-refractivity contribution in [1.29, 1.82) is 0 Å². The molecule has 0 bridgehead atoms. The first-order valence-electron chi connectivity index (χ1n) is 6.74. The Bertz CT molecular complexity index is 461. The van der Waals surface area contributed by atoms with Crippen molar-refractivity contribution in [2.75, 3.05) is 18.0 Å². The van der Waals surface area contributed by atoms with Gasteiger partial charge in [-0.25, -0.2) is 0 Å². The predicted octanol–water partition coefficient (Wildman–Crippen LogP) is 3.96. The van der Waals surface area contributed by atoms with Crippen molar-refractivity contribution in [1.82, 2.24) is 0 Å². The highest BCUT2D eigenvalue weighted by molar-refractivity contribution is 6.17. The number of halogens is 1. The van der Waals surface area contributed by atoms with E-state index in [1.54, 1.807) is 6.07 Å². The SMILES string of the molecule is CCN(CC1CCC1)c1ccc([N+](=O)[O-])c(CCl)c1. The molecular formula is C14H19ClN2O2. The Morgan fingerprint density at radius 3 is 2.68 bits per heavy atom. The molecular weight excluding hydrogens is 264 g/mol. The number of alkyl halides is 1. The lowest BCUT2D eigenvalue weighted by atomic mass is 9.85. The van der Waals surface area contributed by atoms with E-state index in [0.29, 0.717) is 5.56 Å². The van der Waals surface area contributed by atoms with Crippen LogP contribution in [0.2, 0.25) is 0 Å². The fourth-order valence-electron chi connectivity index (χ4n) is 2.46. The molecule has 0 atom stereocenters. The zero-order valence-corrected chi connectivity index (χ0v) is 11.9. The second-order valence-corrected chi connectivity index (χ2v) is 5.31. The molecule has 104 valence electrons. The predicted molar refractivity (Wildman–Crippen MR) is 77.9 cm³/mol. The Morgan fingerprint density at radius 2 is 2.21 bits per heavy atom. The van der Waals surface area contributed by atoms with Crippen LogP contribution in [0.3, 0.4) is 0 Å². The van der Waals surface area contributed by atoms with E-state index in [9.17, 15) is 10.1 Å². The van der Waals surface area contributed by atoms with Crippen LogP contribution in [0.25, 0.3) is 0 Å². The maximum absolute atomic E-state index is 10.9. The summed E-state index contributed by atoms with van der Waals surface area (Å²) in [6.45, 7) is 4.06. The Morgan fingerprint density at radius 1 is 1.47 bits per heavy atom. The third-order valence-corrected chi connectivity index (χ3v) is 4.14. The molecule has 1 aliphatic rings. The molecule has 0 aliphatic heterocycles. The largest absolute Gasteiger partial charge is 0.372 e. The van der Waals surface area contributed by atoms with Gasteiger partial charge in [-0.15, -0.1) is 11.6 Å². The van der Waals surface area contributed by atoms with E-state index < -0.39 is 0 Å². The van der Waals surface area contributed by atoms with E-state index in [1.807, 2.05) is 12.1 Å². The molecule has 1 aromatic rings. The zero-order chi connectivity index (χ0) is 13.8. The first-order valence-corrected chi connectivity index (χ1v) is 7.27. The second-order valence-electron chi connectivity index (χ2n) is 5.04. The van der Waals surface area contributed by atoms with Gasteiger partial charge >= 0.3 is 0 Å². The van der Waals surface area contributed by atoms with Crippen molar-refractivity contribution < 1.29 is 4.92 Å². The summed E-state index contributed by atoms with van der Waals surface area (Å²) in [6, 6.07) is 5.25. The van der Waals surface area contributed by atoms with Crippen LogP contribution in [0.5, 0.6) is 0 Å². The first-order chi connectivity index (χ1) is 9.15. The molecule has 0 aromatic heterocycles. The Kier molecular flexibility index (Phi) is 4.64. The van der Waals surface area contributed by atoms with Crippen molar-refractivity contribution in [3.8, 4) is 0 Å². The van der Waals surface area contributed by atoms with Gasteiger partial charge in [-0.1, -0.05) is 6.42 Å². The summed E-state index contributed by atoms with van der Waals surface area (Å²) in [4.78, 5) is 12.8.